The lowest BCUT2D eigenvalue weighted by atomic mass is 9.88. The fourth-order valence-corrected chi connectivity index (χ4v) is 6.20. The fraction of sp³-hybridized carbons (Fsp3) is 0.217. The zero-order valence-corrected chi connectivity index (χ0v) is 18.1. The van der Waals surface area contributed by atoms with Gasteiger partial charge in [0.15, 0.2) is 0 Å². The first-order valence-electron chi connectivity index (χ1n) is 9.50. The van der Waals surface area contributed by atoms with Crippen molar-refractivity contribution in [1.82, 2.24) is 4.98 Å². The smallest absolute Gasteiger partial charge is 0.307 e. The van der Waals surface area contributed by atoms with Gasteiger partial charge in [0.2, 0.25) is 0 Å². The van der Waals surface area contributed by atoms with E-state index in [4.69, 9.17) is 4.98 Å². The molecule has 1 aliphatic rings. The van der Waals surface area contributed by atoms with Gasteiger partial charge in [-0.05, 0) is 59.4 Å². The van der Waals surface area contributed by atoms with Crippen molar-refractivity contribution in [3.8, 4) is 21.7 Å². The lowest BCUT2D eigenvalue weighted by molar-refractivity contribution is -0.136. The normalized spacial score (nSPS) is 13.1. The Labute approximate surface area is 183 Å². The van der Waals surface area contributed by atoms with Gasteiger partial charge in [-0.2, -0.15) is 0 Å². The molecule has 5 rings (SSSR count). The minimum absolute atomic E-state index is 0. The van der Waals surface area contributed by atoms with Gasteiger partial charge in [0, 0.05) is 10.3 Å². The Balaban J connectivity index is 0.00000205. The van der Waals surface area contributed by atoms with Crippen molar-refractivity contribution < 1.29 is 9.90 Å². The van der Waals surface area contributed by atoms with Gasteiger partial charge >= 0.3 is 5.97 Å². The number of aromatic nitrogens is 1. The van der Waals surface area contributed by atoms with E-state index in [9.17, 15) is 9.90 Å². The number of fused-ring (bicyclic) bond motifs is 3. The van der Waals surface area contributed by atoms with Gasteiger partial charge in [-0.15, -0.1) is 35.1 Å². The predicted molar refractivity (Wildman–Crippen MR) is 124 cm³/mol. The van der Waals surface area contributed by atoms with Crippen molar-refractivity contribution in [1.29, 1.82) is 0 Å². The average molecular weight is 442 g/mol. The molecule has 3 heterocycles. The number of carboxylic acids is 1. The molecule has 3 aromatic heterocycles. The number of benzene rings is 1. The largest absolute Gasteiger partial charge is 0.481 e. The summed E-state index contributed by atoms with van der Waals surface area (Å²) in [5.74, 6) is -0.819. The zero-order valence-electron chi connectivity index (χ0n) is 15.7. The van der Waals surface area contributed by atoms with Crippen molar-refractivity contribution in [2.75, 3.05) is 0 Å². The van der Waals surface area contributed by atoms with Gasteiger partial charge in [0.25, 0.3) is 0 Å². The van der Waals surface area contributed by atoms with Crippen LogP contribution in [0.1, 0.15) is 28.8 Å². The van der Waals surface area contributed by atoms with Crippen LogP contribution in [0.4, 0.5) is 0 Å². The van der Waals surface area contributed by atoms with Crippen LogP contribution in [0.25, 0.3) is 31.9 Å². The molecule has 6 heteroatoms. The second-order valence-electron chi connectivity index (χ2n) is 7.12. The lowest BCUT2D eigenvalue weighted by Gasteiger charge is -2.17. The van der Waals surface area contributed by atoms with E-state index in [2.05, 4.69) is 12.1 Å². The highest BCUT2D eigenvalue weighted by molar-refractivity contribution is 7.19. The Morgan fingerprint density at radius 2 is 1.86 bits per heavy atom. The van der Waals surface area contributed by atoms with Crippen LogP contribution in [0.15, 0.2) is 47.8 Å². The number of carbonyl (C=O) groups is 1. The number of pyridine rings is 1. The van der Waals surface area contributed by atoms with Crippen LogP contribution in [-0.2, 0) is 24.1 Å². The van der Waals surface area contributed by atoms with Crippen LogP contribution in [0, 0.1) is 0 Å². The minimum Gasteiger partial charge on any atom is -0.481 e. The van der Waals surface area contributed by atoms with Crippen LogP contribution >= 0.6 is 35.1 Å². The van der Waals surface area contributed by atoms with E-state index in [0.717, 1.165) is 44.9 Å². The summed E-state index contributed by atoms with van der Waals surface area (Å²) in [7, 11) is 0. The first-order valence-corrected chi connectivity index (χ1v) is 11.2. The topological polar surface area (TPSA) is 50.2 Å². The Bertz CT molecular complexity index is 1170. The molecule has 4 aromatic rings. The summed E-state index contributed by atoms with van der Waals surface area (Å²) in [5, 5.41) is 12.9. The molecule has 3 nitrogen and oxygen atoms in total. The first-order chi connectivity index (χ1) is 13.7. The summed E-state index contributed by atoms with van der Waals surface area (Å²) in [6.45, 7) is 0. The maximum atomic E-state index is 11.8. The molecule has 0 radical (unpaired) electrons. The first kappa shape index (κ1) is 20.1. The van der Waals surface area contributed by atoms with Gasteiger partial charge in [-0.25, -0.2) is 4.98 Å². The summed E-state index contributed by atoms with van der Waals surface area (Å²) >= 11 is 3.41. The van der Waals surface area contributed by atoms with Crippen molar-refractivity contribution in [3.05, 3.63) is 63.8 Å². The third-order valence-corrected chi connectivity index (χ3v) is 7.41. The summed E-state index contributed by atoms with van der Waals surface area (Å²) in [4.78, 5) is 20.3. The van der Waals surface area contributed by atoms with E-state index in [1.54, 1.807) is 22.7 Å². The number of rotatable bonds is 4. The van der Waals surface area contributed by atoms with Crippen molar-refractivity contribution in [3.63, 3.8) is 0 Å². The van der Waals surface area contributed by atoms with Crippen molar-refractivity contribution >= 4 is 51.3 Å². The molecule has 0 saturated heterocycles. The SMILES string of the molecule is Cl.O=C(O)Cc1c(-c2cccs2)nc2sc3c(c2c1-c1ccccc1)CCCC3. The van der Waals surface area contributed by atoms with E-state index >= 15 is 0 Å². The molecule has 0 unspecified atom stereocenters. The molecule has 1 aromatic carbocycles. The fourth-order valence-electron chi connectivity index (χ4n) is 4.19. The number of hydrogen-bond acceptors (Lipinski definition) is 4. The molecule has 29 heavy (non-hydrogen) atoms. The van der Waals surface area contributed by atoms with E-state index < -0.39 is 5.97 Å². The lowest BCUT2D eigenvalue weighted by Crippen LogP contribution is -2.06. The highest BCUT2D eigenvalue weighted by Crippen LogP contribution is 2.45. The number of aliphatic carboxylic acids is 1. The average Bonchev–Trinajstić information content (AvgIpc) is 3.35. The second kappa shape index (κ2) is 8.27. The van der Waals surface area contributed by atoms with Crippen LogP contribution < -0.4 is 0 Å². The molecule has 1 aliphatic carbocycles. The number of hydrogen-bond donors (Lipinski definition) is 1. The number of nitrogens with zero attached hydrogens (tertiary/aromatic N) is 1. The third-order valence-electron chi connectivity index (χ3n) is 5.35. The maximum absolute atomic E-state index is 11.8. The molecule has 0 saturated carbocycles. The Morgan fingerprint density at radius 3 is 2.59 bits per heavy atom. The van der Waals surface area contributed by atoms with E-state index in [0.29, 0.717) is 0 Å². The van der Waals surface area contributed by atoms with Gasteiger partial charge in [0.05, 0.1) is 17.0 Å². The number of carboxylic acid groups (broad SMARTS) is 1. The standard InChI is InChI=1S/C23H19NO2S2.ClH/c25-19(26)13-16-20(14-7-2-1-3-8-14)21-15-9-4-5-10-17(15)28-23(21)24-22(16)18-11-6-12-27-18;/h1-3,6-8,11-12H,4-5,9-10,13H2,(H,25,26);1H. The summed E-state index contributed by atoms with van der Waals surface area (Å²) in [6, 6.07) is 14.3. The zero-order chi connectivity index (χ0) is 19.1. The molecule has 0 atom stereocenters. The quantitative estimate of drug-likeness (QED) is 0.387. The van der Waals surface area contributed by atoms with Crippen LogP contribution in [-0.4, -0.2) is 16.1 Å². The Kier molecular flexibility index (Phi) is 5.72. The summed E-state index contributed by atoms with van der Waals surface area (Å²) in [5.41, 5.74) is 5.19. The van der Waals surface area contributed by atoms with Gasteiger partial charge in [-0.3, -0.25) is 4.79 Å². The van der Waals surface area contributed by atoms with Gasteiger partial charge in [0.1, 0.15) is 4.83 Å². The monoisotopic (exact) mass is 441 g/mol. The Hall–Kier alpha value is -2.21. The molecule has 0 spiro atoms. The molecule has 0 aliphatic heterocycles. The van der Waals surface area contributed by atoms with Gasteiger partial charge in [-0.1, -0.05) is 36.4 Å². The van der Waals surface area contributed by atoms with E-state index in [1.807, 2.05) is 35.7 Å². The molecule has 0 bridgehead atoms. The molecule has 0 amide bonds. The number of halogens is 1. The Morgan fingerprint density at radius 1 is 1.07 bits per heavy atom. The van der Waals surface area contributed by atoms with E-state index in [1.165, 1.54) is 28.7 Å². The molecule has 0 fully saturated rings. The summed E-state index contributed by atoms with van der Waals surface area (Å²) < 4.78 is 0. The molecular formula is C23H20ClNO2S2. The maximum Gasteiger partial charge on any atom is 0.307 e. The third kappa shape index (κ3) is 3.59. The van der Waals surface area contributed by atoms with Gasteiger partial charge < -0.3 is 5.11 Å². The van der Waals surface area contributed by atoms with Crippen LogP contribution in [0.3, 0.4) is 0 Å². The predicted octanol–water partition coefficient (Wildman–Crippen LogP) is 6.62. The minimum atomic E-state index is -0.819. The van der Waals surface area contributed by atoms with E-state index in [-0.39, 0.29) is 18.8 Å². The molecule has 1 N–H and O–H groups in total. The van der Waals surface area contributed by atoms with Crippen LogP contribution in [0.2, 0.25) is 0 Å². The molecular weight excluding hydrogens is 422 g/mol. The second-order valence-corrected chi connectivity index (χ2v) is 9.15. The van der Waals surface area contributed by atoms with Crippen molar-refractivity contribution in [2.45, 2.75) is 32.1 Å². The van der Waals surface area contributed by atoms with Crippen molar-refractivity contribution in [2.24, 2.45) is 0 Å². The molecule has 148 valence electrons. The highest BCUT2D eigenvalue weighted by Gasteiger charge is 2.26. The highest BCUT2D eigenvalue weighted by atomic mass is 35.5. The number of aryl methyl sites for hydroxylation is 2. The number of thiophene rings is 2. The van der Waals surface area contributed by atoms with Crippen LogP contribution in [0.5, 0.6) is 0 Å². The summed E-state index contributed by atoms with van der Waals surface area (Å²) in [6.07, 6.45) is 4.55.